The van der Waals surface area contributed by atoms with Gasteiger partial charge in [-0.1, -0.05) is 13.8 Å². The molecule has 0 saturated heterocycles. The van der Waals surface area contributed by atoms with Crippen LogP contribution in [0.5, 0.6) is 0 Å². The van der Waals surface area contributed by atoms with Crippen LogP contribution in [-0.4, -0.2) is 11.1 Å². The Balaban J connectivity index is 3.26. The highest BCUT2D eigenvalue weighted by atomic mass is 19.1. The van der Waals surface area contributed by atoms with Crippen molar-refractivity contribution in [1.82, 2.24) is 0 Å². The number of carboxylic acid groups (broad SMARTS) is 1. The molecule has 0 spiro atoms. The van der Waals surface area contributed by atoms with Gasteiger partial charge in [0.25, 0.3) is 0 Å². The topological polar surface area (TPSA) is 63.3 Å². The van der Waals surface area contributed by atoms with Gasteiger partial charge in [-0.15, -0.1) is 0 Å². The number of hydrogen-bond acceptors (Lipinski definition) is 2. The molecular weight excluding hydrogens is 209 g/mol. The zero-order chi connectivity index (χ0) is 12.3. The molecule has 0 radical (unpaired) electrons. The average molecular weight is 225 g/mol. The lowest BCUT2D eigenvalue weighted by Crippen LogP contribution is -2.08. The summed E-state index contributed by atoms with van der Waals surface area (Å²) < 4.78 is 13.8. The molecular formula is C12H16FNO2. The van der Waals surface area contributed by atoms with Gasteiger partial charge < -0.3 is 10.8 Å². The Morgan fingerprint density at radius 2 is 2.00 bits per heavy atom. The van der Waals surface area contributed by atoms with Crippen LogP contribution in [0.25, 0.3) is 0 Å². The minimum atomic E-state index is -1.17. The zero-order valence-electron chi connectivity index (χ0n) is 9.46. The van der Waals surface area contributed by atoms with Crippen molar-refractivity contribution in [3.8, 4) is 0 Å². The molecule has 1 rings (SSSR count). The number of nitrogens with two attached hydrogens (primary N) is 1. The summed E-state index contributed by atoms with van der Waals surface area (Å²) in [5.41, 5.74) is 6.27. The molecule has 0 heterocycles. The molecule has 0 amide bonds. The number of hydrogen-bond donors (Lipinski definition) is 2. The molecule has 0 aliphatic heterocycles. The zero-order valence-corrected chi connectivity index (χ0v) is 9.46. The van der Waals surface area contributed by atoms with E-state index < -0.39 is 11.8 Å². The van der Waals surface area contributed by atoms with Crippen LogP contribution in [0.4, 0.5) is 10.1 Å². The van der Waals surface area contributed by atoms with Gasteiger partial charge in [0, 0.05) is 11.3 Å². The lowest BCUT2D eigenvalue weighted by atomic mass is 9.91. The van der Waals surface area contributed by atoms with Gasteiger partial charge in [-0.2, -0.15) is 0 Å². The quantitative estimate of drug-likeness (QED) is 0.774. The number of halogens is 1. The van der Waals surface area contributed by atoms with E-state index in [1.54, 1.807) is 0 Å². The van der Waals surface area contributed by atoms with Crippen LogP contribution in [0.3, 0.4) is 0 Å². The molecule has 88 valence electrons. The summed E-state index contributed by atoms with van der Waals surface area (Å²) in [7, 11) is 0. The fourth-order valence-electron chi connectivity index (χ4n) is 1.89. The van der Waals surface area contributed by atoms with Crippen LogP contribution in [0.15, 0.2) is 12.1 Å². The maximum Gasteiger partial charge on any atom is 0.335 e. The highest BCUT2D eigenvalue weighted by Gasteiger charge is 2.18. The third kappa shape index (κ3) is 2.32. The minimum Gasteiger partial charge on any atom is -0.478 e. The Bertz CT molecular complexity index is 377. The van der Waals surface area contributed by atoms with Crippen LogP contribution in [0.2, 0.25) is 0 Å². The first-order chi connectivity index (χ1) is 7.51. The molecule has 0 atom stereocenters. The molecule has 0 fully saturated rings. The fraction of sp³-hybridized carbons (Fsp3) is 0.417. The summed E-state index contributed by atoms with van der Waals surface area (Å²) in [5.74, 6) is -1.64. The molecule has 1 aromatic rings. The standard InChI is InChI=1S/C12H16FNO2/c1-3-7(4-2)11-9(13)5-8(12(15)16)6-10(11)14/h5-7H,3-4,14H2,1-2H3,(H,15,16). The number of carbonyl (C=O) groups is 1. The SMILES string of the molecule is CCC(CC)c1c(N)cc(C(=O)O)cc1F. The van der Waals surface area contributed by atoms with Crippen molar-refractivity contribution in [2.24, 2.45) is 0 Å². The van der Waals surface area contributed by atoms with E-state index in [4.69, 9.17) is 10.8 Å². The monoisotopic (exact) mass is 225 g/mol. The third-order valence-electron chi connectivity index (χ3n) is 2.80. The Labute approximate surface area is 94.1 Å². The third-order valence-corrected chi connectivity index (χ3v) is 2.80. The first-order valence-electron chi connectivity index (χ1n) is 5.33. The normalized spacial score (nSPS) is 10.8. The van der Waals surface area contributed by atoms with E-state index in [-0.39, 0.29) is 17.2 Å². The summed E-state index contributed by atoms with van der Waals surface area (Å²) in [4.78, 5) is 10.7. The van der Waals surface area contributed by atoms with Crippen molar-refractivity contribution in [1.29, 1.82) is 0 Å². The van der Waals surface area contributed by atoms with Gasteiger partial charge in [-0.3, -0.25) is 0 Å². The maximum atomic E-state index is 13.8. The highest BCUT2D eigenvalue weighted by Crippen LogP contribution is 2.31. The first kappa shape index (κ1) is 12.5. The van der Waals surface area contributed by atoms with Crippen LogP contribution in [0, 0.1) is 5.82 Å². The van der Waals surface area contributed by atoms with Gasteiger partial charge >= 0.3 is 5.97 Å². The van der Waals surface area contributed by atoms with Crippen LogP contribution < -0.4 is 5.73 Å². The number of anilines is 1. The van der Waals surface area contributed by atoms with Crippen molar-refractivity contribution in [2.75, 3.05) is 5.73 Å². The van der Waals surface area contributed by atoms with E-state index in [1.807, 2.05) is 13.8 Å². The molecule has 1 aromatic carbocycles. The van der Waals surface area contributed by atoms with Crippen molar-refractivity contribution in [3.05, 3.63) is 29.1 Å². The van der Waals surface area contributed by atoms with Crippen LogP contribution in [0.1, 0.15) is 48.5 Å². The van der Waals surface area contributed by atoms with E-state index in [0.717, 1.165) is 18.9 Å². The number of benzene rings is 1. The van der Waals surface area contributed by atoms with Crippen molar-refractivity contribution in [3.63, 3.8) is 0 Å². The number of rotatable bonds is 4. The molecule has 4 heteroatoms. The Hall–Kier alpha value is -1.58. The lowest BCUT2D eigenvalue weighted by Gasteiger charge is -2.16. The summed E-state index contributed by atoms with van der Waals surface area (Å²) in [6.45, 7) is 3.91. The highest BCUT2D eigenvalue weighted by molar-refractivity contribution is 5.89. The second-order valence-electron chi connectivity index (χ2n) is 3.78. The van der Waals surface area contributed by atoms with Crippen molar-refractivity contribution in [2.45, 2.75) is 32.6 Å². The van der Waals surface area contributed by atoms with Gasteiger partial charge in [-0.05, 0) is 30.9 Å². The van der Waals surface area contributed by atoms with E-state index in [0.29, 0.717) is 5.56 Å². The Morgan fingerprint density at radius 1 is 1.44 bits per heavy atom. The van der Waals surface area contributed by atoms with E-state index in [9.17, 15) is 9.18 Å². The molecule has 16 heavy (non-hydrogen) atoms. The van der Waals surface area contributed by atoms with Gasteiger partial charge in [0.2, 0.25) is 0 Å². The summed E-state index contributed by atoms with van der Waals surface area (Å²) in [6, 6.07) is 2.35. The number of carboxylic acids is 1. The first-order valence-corrected chi connectivity index (χ1v) is 5.33. The van der Waals surface area contributed by atoms with E-state index >= 15 is 0 Å². The second kappa shape index (κ2) is 4.96. The van der Waals surface area contributed by atoms with E-state index in [1.165, 1.54) is 6.07 Å². The summed E-state index contributed by atoms with van der Waals surface area (Å²) in [6.07, 6.45) is 1.56. The van der Waals surface area contributed by atoms with Gasteiger partial charge in [0.05, 0.1) is 5.56 Å². The van der Waals surface area contributed by atoms with E-state index in [2.05, 4.69) is 0 Å². The Morgan fingerprint density at radius 3 is 2.38 bits per heavy atom. The number of aromatic carboxylic acids is 1. The molecule has 0 aliphatic rings. The lowest BCUT2D eigenvalue weighted by molar-refractivity contribution is 0.0696. The van der Waals surface area contributed by atoms with Crippen LogP contribution >= 0.6 is 0 Å². The average Bonchev–Trinajstić information content (AvgIpc) is 2.22. The maximum absolute atomic E-state index is 13.8. The van der Waals surface area contributed by atoms with Gasteiger partial charge in [0.1, 0.15) is 5.82 Å². The van der Waals surface area contributed by atoms with Gasteiger partial charge in [-0.25, -0.2) is 9.18 Å². The Kier molecular flexibility index (Phi) is 3.88. The molecule has 0 bridgehead atoms. The second-order valence-corrected chi connectivity index (χ2v) is 3.78. The summed E-state index contributed by atoms with van der Waals surface area (Å²) >= 11 is 0. The predicted molar refractivity (Wildman–Crippen MR) is 61.1 cm³/mol. The smallest absolute Gasteiger partial charge is 0.335 e. The molecule has 0 saturated carbocycles. The molecule has 3 nitrogen and oxygen atoms in total. The van der Waals surface area contributed by atoms with Crippen LogP contribution in [-0.2, 0) is 0 Å². The van der Waals surface area contributed by atoms with Gasteiger partial charge in [0.15, 0.2) is 0 Å². The predicted octanol–water partition coefficient (Wildman–Crippen LogP) is 3.01. The van der Waals surface area contributed by atoms with Crippen molar-refractivity contribution < 1.29 is 14.3 Å². The largest absolute Gasteiger partial charge is 0.478 e. The molecule has 0 aliphatic carbocycles. The number of nitrogen functional groups attached to an aromatic ring is 1. The molecule has 0 unspecified atom stereocenters. The summed E-state index contributed by atoms with van der Waals surface area (Å²) in [5, 5.41) is 8.76. The fourth-order valence-corrected chi connectivity index (χ4v) is 1.89. The van der Waals surface area contributed by atoms with Crippen molar-refractivity contribution >= 4 is 11.7 Å². The molecule has 3 N–H and O–H groups in total. The minimum absolute atomic E-state index is 0.0443. The molecule has 0 aromatic heterocycles.